The number of carboxylic acid groups (broad SMARTS) is 1. The van der Waals surface area contributed by atoms with Crippen LogP contribution in [0.3, 0.4) is 0 Å². The summed E-state index contributed by atoms with van der Waals surface area (Å²) in [4.78, 5) is 10.6. The van der Waals surface area contributed by atoms with E-state index in [2.05, 4.69) is 18.3 Å². The van der Waals surface area contributed by atoms with Gasteiger partial charge in [-0.1, -0.05) is 32.3 Å². The number of aliphatic carboxylic acids is 1. The van der Waals surface area contributed by atoms with Crippen LogP contribution in [0.15, 0.2) is 11.8 Å². The van der Waals surface area contributed by atoms with Crippen molar-refractivity contribution in [3.05, 3.63) is 11.8 Å². The summed E-state index contributed by atoms with van der Waals surface area (Å²) in [6.45, 7) is 5.76. The van der Waals surface area contributed by atoms with Crippen molar-refractivity contribution in [1.82, 2.24) is 5.32 Å². The lowest BCUT2D eigenvalue weighted by Crippen LogP contribution is -2.32. The fraction of sp³-hybridized carbons (Fsp3) is 0.750. The molecular formula is C12H23NO2. The first-order chi connectivity index (χ1) is 7.07. The normalized spacial score (nSPS) is 13.7. The molecule has 0 spiro atoms. The highest BCUT2D eigenvalue weighted by molar-refractivity contribution is 5.73. The first-order valence-corrected chi connectivity index (χ1v) is 5.74. The van der Waals surface area contributed by atoms with Crippen molar-refractivity contribution >= 4 is 5.97 Å². The average molecular weight is 213 g/mol. The molecule has 0 bridgehead atoms. The molecule has 3 heteroatoms. The first kappa shape index (κ1) is 14.0. The molecule has 0 fully saturated rings. The van der Waals surface area contributed by atoms with Gasteiger partial charge in [0.2, 0.25) is 0 Å². The van der Waals surface area contributed by atoms with Gasteiger partial charge in [-0.15, -0.1) is 0 Å². The number of carbonyl (C=O) groups is 1. The van der Waals surface area contributed by atoms with E-state index in [1.807, 2.05) is 6.92 Å². The molecule has 88 valence electrons. The molecule has 0 amide bonds. The highest BCUT2D eigenvalue weighted by atomic mass is 16.4. The molecule has 0 heterocycles. The molecule has 0 rings (SSSR count). The van der Waals surface area contributed by atoms with Gasteiger partial charge in [0.15, 0.2) is 0 Å². The molecule has 0 radical (unpaired) electrons. The minimum Gasteiger partial charge on any atom is -0.480 e. The monoisotopic (exact) mass is 213 g/mol. The van der Waals surface area contributed by atoms with Crippen molar-refractivity contribution in [1.29, 1.82) is 0 Å². The molecular weight excluding hydrogens is 190 g/mol. The molecule has 2 N–H and O–H groups in total. The summed E-state index contributed by atoms with van der Waals surface area (Å²) in [5.74, 6) is -0.811. The number of unbranched alkanes of at least 4 members (excludes halogenated alkanes) is 4. The summed E-state index contributed by atoms with van der Waals surface area (Å²) in [7, 11) is 0. The number of hydrogen-bond donors (Lipinski definition) is 2. The SMILES string of the molecule is CCCCCCC=C(C)N[C@@H](C)C(=O)O. The summed E-state index contributed by atoms with van der Waals surface area (Å²) < 4.78 is 0. The van der Waals surface area contributed by atoms with Crippen molar-refractivity contribution in [3.8, 4) is 0 Å². The molecule has 0 aliphatic heterocycles. The van der Waals surface area contributed by atoms with Gasteiger partial charge in [-0.3, -0.25) is 4.79 Å². The van der Waals surface area contributed by atoms with Crippen molar-refractivity contribution < 1.29 is 9.90 Å². The van der Waals surface area contributed by atoms with Crippen molar-refractivity contribution in [3.63, 3.8) is 0 Å². The van der Waals surface area contributed by atoms with Crippen LogP contribution in [0.25, 0.3) is 0 Å². The van der Waals surface area contributed by atoms with Crippen LogP contribution in [0.1, 0.15) is 52.9 Å². The third-order valence-corrected chi connectivity index (χ3v) is 2.32. The molecule has 0 unspecified atom stereocenters. The standard InChI is InChI=1S/C12H23NO2/c1-4-5-6-7-8-9-10(2)13-11(3)12(14)15/h9,11,13H,4-8H2,1-3H3,(H,14,15)/t11-/m0/s1. The summed E-state index contributed by atoms with van der Waals surface area (Å²) in [5.41, 5.74) is 0.960. The lowest BCUT2D eigenvalue weighted by Gasteiger charge is -2.10. The molecule has 1 atom stereocenters. The third-order valence-electron chi connectivity index (χ3n) is 2.32. The van der Waals surface area contributed by atoms with E-state index in [1.165, 1.54) is 25.7 Å². The van der Waals surface area contributed by atoms with E-state index < -0.39 is 12.0 Å². The van der Waals surface area contributed by atoms with Gasteiger partial charge in [0.1, 0.15) is 6.04 Å². The van der Waals surface area contributed by atoms with Crippen LogP contribution in [0, 0.1) is 0 Å². The molecule has 0 aromatic rings. The first-order valence-electron chi connectivity index (χ1n) is 5.74. The largest absolute Gasteiger partial charge is 0.480 e. The van der Waals surface area contributed by atoms with Gasteiger partial charge >= 0.3 is 5.97 Å². The Morgan fingerprint density at radius 1 is 1.40 bits per heavy atom. The summed E-state index contributed by atoms with van der Waals surface area (Å²) in [5, 5.41) is 11.6. The van der Waals surface area contributed by atoms with Gasteiger partial charge in [-0.05, 0) is 26.7 Å². The Kier molecular flexibility index (Phi) is 7.78. The van der Waals surface area contributed by atoms with Gasteiger partial charge < -0.3 is 10.4 Å². The zero-order valence-corrected chi connectivity index (χ0v) is 10.0. The van der Waals surface area contributed by atoms with E-state index in [1.54, 1.807) is 6.92 Å². The maximum Gasteiger partial charge on any atom is 0.325 e. The fourth-order valence-electron chi connectivity index (χ4n) is 1.35. The van der Waals surface area contributed by atoms with Gasteiger partial charge in [-0.2, -0.15) is 0 Å². The molecule has 0 aromatic heterocycles. The Bertz CT molecular complexity index is 212. The highest BCUT2D eigenvalue weighted by Crippen LogP contribution is 2.04. The minimum absolute atomic E-state index is 0.503. The number of carboxylic acids is 1. The van der Waals surface area contributed by atoms with E-state index in [0.29, 0.717) is 0 Å². The predicted molar refractivity (Wildman–Crippen MR) is 62.7 cm³/mol. The topological polar surface area (TPSA) is 49.3 Å². The number of allylic oxidation sites excluding steroid dienone is 2. The average Bonchev–Trinajstić information content (AvgIpc) is 2.17. The van der Waals surface area contributed by atoms with Crippen molar-refractivity contribution in [2.24, 2.45) is 0 Å². The Morgan fingerprint density at radius 2 is 2.07 bits per heavy atom. The minimum atomic E-state index is -0.811. The summed E-state index contributed by atoms with van der Waals surface area (Å²) in [6, 6.07) is -0.503. The smallest absolute Gasteiger partial charge is 0.325 e. The second-order valence-corrected chi connectivity index (χ2v) is 3.94. The van der Waals surface area contributed by atoms with Crippen LogP contribution >= 0.6 is 0 Å². The zero-order valence-electron chi connectivity index (χ0n) is 10.0. The van der Waals surface area contributed by atoms with E-state index >= 15 is 0 Å². The molecule has 0 saturated heterocycles. The molecule has 0 saturated carbocycles. The van der Waals surface area contributed by atoms with Crippen LogP contribution in [0.4, 0.5) is 0 Å². The Hall–Kier alpha value is -0.990. The Balaban J connectivity index is 3.65. The third kappa shape index (κ3) is 8.03. The lowest BCUT2D eigenvalue weighted by atomic mass is 10.1. The van der Waals surface area contributed by atoms with E-state index in [9.17, 15) is 4.79 Å². The Labute approximate surface area is 92.6 Å². The number of rotatable bonds is 8. The van der Waals surface area contributed by atoms with Crippen LogP contribution in [-0.2, 0) is 4.79 Å². The molecule has 15 heavy (non-hydrogen) atoms. The van der Waals surface area contributed by atoms with Gasteiger partial charge in [-0.25, -0.2) is 0 Å². The van der Waals surface area contributed by atoms with E-state index in [0.717, 1.165) is 12.1 Å². The summed E-state index contributed by atoms with van der Waals surface area (Å²) in [6.07, 6.45) is 8.09. The molecule has 0 aliphatic carbocycles. The van der Waals surface area contributed by atoms with Gasteiger partial charge in [0.25, 0.3) is 0 Å². The van der Waals surface area contributed by atoms with Crippen molar-refractivity contribution in [2.75, 3.05) is 0 Å². The second kappa shape index (κ2) is 8.33. The second-order valence-electron chi connectivity index (χ2n) is 3.94. The quantitative estimate of drug-likeness (QED) is 0.609. The van der Waals surface area contributed by atoms with Gasteiger partial charge in [0, 0.05) is 5.70 Å². The maximum absolute atomic E-state index is 10.6. The molecule has 0 aliphatic rings. The highest BCUT2D eigenvalue weighted by Gasteiger charge is 2.08. The molecule has 0 aromatic carbocycles. The number of hydrogen-bond acceptors (Lipinski definition) is 2. The van der Waals surface area contributed by atoms with E-state index in [-0.39, 0.29) is 0 Å². The van der Waals surface area contributed by atoms with Crippen LogP contribution in [0.5, 0.6) is 0 Å². The fourth-order valence-corrected chi connectivity index (χ4v) is 1.35. The van der Waals surface area contributed by atoms with Crippen LogP contribution in [0.2, 0.25) is 0 Å². The van der Waals surface area contributed by atoms with E-state index in [4.69, 9.17) is 5.11 Å². The van der Waals surface area contributed by atoms with Crippen molar-refractivity contribution in [2.45, 2.75) is 58.9 Å². The number of nitrogens with one attached hydrogen (secondary N) is 1. The Morgan fingerprint density at radius 3 is 2.60 bits per heavy atom. The lowest BCUT2D eigenvalue weighted by molar-refractivity contribution is -0.138. The molecule has 3 nitrogen and oxygen atoms in total. The van der Waals surface area contributed by atoms with Crippen LogP contribution < -0.4 is 5.32 Å². The summed E-state index contributed by atoms with van der Waals surface area (Å²) >= 11 is 0. The predicted octanol–water partition coefficient (Wildman–Crippen LogP) is 2.92. The maximum atomic E-state index is 10.6. The van der Waals surface area contributed by atoms with Crippen LogP contribution in [-0.4, -0.2) is 17.1 Å². The van der Waals surface area contributed by atoms with Gasteiger partial charge in [0.05, 0.1) is 0 Å². The zero-order chi connectivity index (χ0) is 11.7.